The minimum Gasteiger partial charge on any atom is -0.337 e. The number of hydrogen-bond donors (Lipinski definition) is 0. The standard InChI is InChI=1S/C45H34N4/c46-28-30-20-22-33(27-35(24-30)48-41-16-5-1-12-37(41)38-13-2-6-17-42(38)48)32-10-9-11-34(26-32)36-23-21-31(29-47)25-45(36)49-43-18-7-3-14-39(43)40-15-4-8-19-44(40)49/h1-5,7-16,18-21,23-25,27,32,37,41H,6,17,22,26H2. The van der Waals surface area contributed by atoms with Crippen LogP contribution in [0.3, 0.4) is 0 Å². The van der Waals surface area contributed by atoms with E-state index in [-0.39, 0.29) is 12.0 Å². The summed E-state index contributed by atoms with van der Waals surface area (Å²) in [5, 5.41) is 22.5. The second kappa shape index (κ2) is 11.9. The fourth-order valence-corrected chi connectivity index (χ4v) is 8.46. The molecule has 0 N–H and O–H groups in total. The molecule has 0 fully saturated rings. The van der Waals surface area contributed by atoms with E-state index in [2.05, 4.69) is 149 Å². The number of benzene rings is 3. The van der Waals surface area contributed by atoms with Crippen molar-refractivity contribution in [2.24, 2.45) is 11.8 Å². The van der Waals surface area contributed by atoms with Crippen molar-refractivity contribution in [2.75, 3.05) is 0 Å². The molecule has 3 aromatic carbocycles. The van der Waals surface area contributed by atoms with Gasteiger partial charge in [0.05, 0.1) is 46.0 Å². The molecule has 49 heavy (non-hydrogen) atoms. The van der Waals surface area contributed by atoms with Gasteiger partial charge in [0.25, 0.3) is 0 Å². The second-order valence-electron chi connectivity index (χ2n) is 13.4. The summed E-state index contributed by atoms with van der Waals surface area (Å²) in [7, 11) is 0. The van der Waals surface area contributed by atoms with Gasteiger partial charge in [0.2, 0.25) is 0 Å². The van der Waals surface area contributed by atoms with Gasteiger partial charge in [-0.3, -0.25) is 0 Å². The van der Waals surface area contributed by atoms with Gasteiger partial charge >= 0.3 is 0 Å². The predicted octanol–water partition coefficient (Wildman–Crippen LogP) is 10.3. The number of fused-ring (bicyclic) bond motifs is 5. The molecule has 4 aromatic rings. The fourth-order valence-electron chi connectivity index (χ4n) is 8.46. The number of allylic oxidation sites excluding steroid dienone is 14. The molecule has 4 heteroatoms. The Morgan fingerprint density at radius 1 is 0.796 bits per heavy atom. The van der Waals surface area contributed by atoms with Crippen molar-refractivity contribution in [1.82, 2.24) is 9.47 Å². The molecular formula is C45H34N4. The van der Waals surface area contributed by atoms with E-state index in [1.807, 2.05) is 12.1 Å². The van der Waals surface area contributed by atoms with Gasteiger partial charge in [-0.15, -0.1) is 0 Å². The number of aromatic nitrogens is 1. The number of para-hydroxylation sites is 2. The lowest BCUT2D eigenvalue weighted by Crippen LogP contribution is -2.32. The Labute approximate surface area is 286 Å². The molecule has 0 bridgehead atoms. The minimum absolute atomic E-state index is 0.166. The Balaban J connectivity index is 1.12. The predicted molar refractivity (Wildman–Crippen MR) is 198 cm³/mol. The number of hydrogen-bond acceptors (Lipinski definition) is 3. The Hall–Kier alpha value is -6.10. The molecule has 5 aliphatic rings. The van der Waals surface area contributed by atoms with E-state index in [4.69, 9.17) is 0 Å². The largest absolute Gasteiger partial charge is 0.337 e. The Kier molecular flexibility index (Phi) is 7.03. The normalized spacial score (nSPS) is 22.6. The van der Waals surface area contributed by atoms with E-state index in [9.17, 15) is 10.5 Å². The van der Waals surface area contributed by atoms with Crippen LogP contribution in [0.1, 0.15) is 36.8 Å². The highest BCUT2D eigenvalue weighted by Gasteiger charge is 2.39. The molecule has 9 rings (SSSR count). The number of nitriles is 2. The molecule has 0 saturated heterocycles. The van der Waals surface area contributed by atoms with Crippen LogP contribution in [-0.2, 0) is 0 Å². The molecule has 0 spiro atoms. The molecule has 4 nitrogen and oxygen atoms in total. The lowest BCUT2D eigenvalue weighted by Gasteiger charge is -2.32. The van der Waals surface area contributed by atoms with Crippen molar-refractivity contribution in [2.45, 2.75) is 31.7 Å². The zero-order chi connectivity index (χ0) is 32.9. The second-order valence-corrected chi connectivity index (χ2v) is 13.4. The fraction of sp³-hybridized carbons (Fsp3) is 0.156. The molecule has 234 valence electrons. The maximum Gasteiger partial charge on any atom is 0.0992 e. The van der Waals surface area contributed by atoms with Crippen molar-refractivity contribution in [3.8, 4) is 17.8 Å². The molecule has 3 unspecified atom stereocenters. The summed E-state index contributed by atoms with van der Waals surface area (Å²) in [6, 6.07) is 28.2. The first-order valence-electron chi connectivity index (χ1n) is 17.2. The molecule has 0 saturated carbocycles. The highest BCUT2D eigenvalue weighted by atomic mass is 15.2. The average Bonchev–Trinajstić information content (AvgIpc) is 3.58. The molecule has 1 aliphatic heterocycles. The average molecular weight is 631 g/mol. The number of rotatable bonds is 4. The first-order chi connectivity index (χ1) is 24.2. The van der Waals surface area contributed by atoms with E-state index >= 15 is 0 Å². The molecule has 0 radical (unpaired) electrons. The highest BCUT2D eigenvalue weighted by Crippen LogP contribution is 2.46. The topological polar surface area (TPSA) is 55.8 Å². The summed E-state index contributed by atoms with van der Waals surface area (Å²) in [6.07, 6.45) is 30.4. The third kappa shape index (κ3) is 4.80. The lowest BCUT2D eigenvalue weighted by atomic mass is 9.83. The zero-order valence-electron chi connectivity index (χ0n) is 27.1. The number of nitrogens with zero attached hydrogens (tertiary/aromatic N) is 4. The third-order valence-electron chi connectivity index (χ3n) is 10.7. The van der Waals surface area contributed by atoms with Crippen molar-refractivity contribution in [3.63, 3.8) is 0 Å². The first kappa shape index (κ1) is 29.1. The Bertz CT molecular complexity index is 2380. The summed E-state index contributed by atoms with van der Waals surface area (Å²) in [5.74, 6) is 0.492. The van der Waals surface area contributed by atoms with E-state index in [0.29, 0.717) is 17.1 Å². The SMILES string of the molecule is N#CC1=CCC(C2C=CC=C(c3ccc(C#N)cc3-n3c4ccccc4c4ccccc43)C2)=CC(N2C3=C(C=CCC3)C3C=CC=CC32)=C1. The van der Waals surface area contributed by atoms with Crippen molar-refractivity contribution >= 4 is 27.4 Å². The molecular weight excluding hydrogens is 597 g/mol. The van der Waals surface area contributed by atoms with Crippen LogP contribution in [0.4, 0.5) is 0 Å². The molecule has 3 atom stereocenters. The highest BCUT2D eigenvalue weighted by molar-refractivity contribution is 6.09. The minimum atomic E-state index is 0.166. The van der Waals surface area contributed by atoms with Crippen LogP contribution in [0.25, 0.3) is 33.1 Å². The Morgan fingerprint density at radius 2 is 1.59 bits per heavy atom. The quantitative estimate of drug-likeness (QED) is 0.225. The molecule has 4 aliphatic carbocycles. The van der Waals surface area contributed by atoms with Gasteiger partial charge in [0.1, 0.15) is 0 Å². The van der Waals surface area contributed by atoms with Crippen LogP contribution >= 0.6 is 0 Å². The van der Waals surface area contributed by atoms with E-state index in [0.717, 1.165) is 53.7 Å². The maximum atomic E-state index is 10.1. The summed E-state index contributed by atoms with van der Waals surface area (Å²) < 4.78 is 2.32. The van der Waals surface area contributed by atoms with Gasteiger partial charge in [0.15, 0.2) is 0 Å². The zero-order valence-corrected chi connectivity index (χ0v) is 27.1. The monoisotopic (exact) mass is 630 g/mol. The van der Waals surface area contributed by atoms with Gasteiger partial charge < -0.3 is 9.47 Å². The van der Waals surface area contributed by atoms with Crippen LogP contribution in [0.2, 0.25) is 0 Å². The van der Waals surface area contributed by atoms with Gasteiger partial charge in [-0.2, -0.15) is 10.5 Å². The van der Waals surface area contributed by atoms with Crippen LogP contribution in [-0.4, -0.2) is 15.5 Å². The van der Waals surface area contributed by atoms with E-state index < -0.39 is 0 Å². The van der Waals surface area contributed by atoms with Crippen LogP contribution in [0.15, 0.2) is 168 Å². The van der Waals surface area contributed by atoms with Crippen molar-refractivity contribution in [3.05, 3.63) is 179 Å². The van der Waals surface area contributed by atoms with Gasteiger partial charge in [-0.1, -0.05) is 109 Å². The summed E-state index contributed by atoms with van der Waals surface area (Å²) in [6.45, 7) is 0. The molecule has 2 heterocycles. The maximum absolute atomic E-state index is 10.1. The third-order valence-corrected chi connectivity index (χ3v) is 10.7. The van der Waals surface area contributed by atoms with Gasteiger partial charge in [0, 0.05) is 39.6 Å². The van der Waals surface area contributed by atoms with Crippen molar-refractivity contribution < 1.29 is 0 Å². The van der Waals surface area contributed by atoms with Gasteiger partial charge in [-0.05, 0) is 73.2 Å². The summed E-state index contributed by atoms with van der Waals surface area (Å²) in [4.78, 5) is 2.50. The van der Waals surface area contributed by atoms with E-state index in [1.165, 1.54) is 33.2 Å². The smallest absolute Gasteiger partial charge is 0.0992 e. The Morgan fingerprint density at radius 3 is 2.39 bits per heavy atom. The molecule has 1 aromatic heterocycles. The van der Waals surface area contributed by atoms with Crippen LogP contribution in [0, 0.1) is 34.5 Å². The first-order valence-corrected chi connectivity index (χ1v) is 17.2. The van der Waals surface area contributed by atoms with E-state index in [1.54, 1.807) is 0 Å². The van der Waals surface area contributed by atoms with Crippen LogP contribution in [0.5, 0.6) is 0 Å². The van der Waals surface area contributed by atoms with Crippen molar-refractivity contribution in [1.29, 1.82) is 10.5 Å². The molecule has 0 amide bonds. The van der Waals surface area contributed by atoms with Gasteiger partial charge in [-0.25, -0.2) is 0 Å². The summed E-state index contributed by atoms with van der Waals surface area (Å²) in [5.41, 5.74) is 12.2. The lowest BCUT2D eigenvalue weighted by molar-refractivity contribution is 0.364. The van der Waals surface area contributed by atoms with Crippen LogP contribution < -0.4 is 0 Å². The summed E-state index contributed by atoms with van der Waals surface area (Å²) >= 11 is 0.